The summed E-state index contributed by atoms with van der Waals surface area (Å²) in [5.74, 6) is -0.833. The van der Waals surface area contributed by atoms with E-state index in [4.69, 9.17) is 19.7 Å². The molecule has 0 radical (unpaired) electrons. The molecule has 0 aliphatic heterocycles. The van der Waals surface area contributed by atoms with Gasteiger partial charge in [0.2, 0.25) is 0 Å². The molecule has 4 nitrogen and oxygen atoms in total. The van der Waals surface area contributed by atoms with Crippen molar-refractivity contribution in [1.82, 2.24) is 0 Å². The first-order valence-corrected chi connectivity index (χ1v) is 3.53. The van der Waals surface area contributed by atoms with E-state index in [2.05, 4.69) is 0 Å². The lowest BCUT2D eigenvalue weighted by Gasteiger charge is -2.04. The van der Waals surface area contributed by atoms with Crippen molar-refractivity contribution in [2.45, 2.75) is 33.5 Å². The maximum absolute atomic E-state index is 9.00. The summed E-state index contributed by atoms with van der Waals surface area (Å²) in [5, 5.41) is 16.1. The van der Waals surface area contributed by atoms with E-state index in [9.17, 15) is 0 Å². The third-order valence-corrected chi connectivity index (χ3v) is 0.708. The lowest BCUT2D eigenvalue weighted by Crippen LogP contribution is -2.08. The Morgan fingerprint density at radius 1 is 1.55 bits per heavy atom. The fourth-order valence-corrected chi connectivity index (χ4v) is 0.310. The number of aliphatic hydroxyl groups excluding tert-OH is 1. The van der Waals surface area contributed by atoms with E-state index >= 15 is 0 Å². The first kappa shape index (κ1) is 13.0. The summed E-state index contributed by atoms with van der Waals surface area (Å²) in [6, 6.07) is 0. The largest absolute Gasteiger partial charge is 0.481 e. The van der Waals surface area contributed by atoms with Crippen LogP contribution in [0.3, 0.4) is 0 Å². The Morgan fingerprint density at radius 3 is 2.00 bits per heavy atom. The van der Waals surface area contributed by atoms with Crippen LogP contribution >= 0.6 is 0 Å². The van der Waals surface area contributed by atoms with Crippen molar-refractivity contribution in [1.29, 1.82) is 0 Å². The predicted molar refractivity (Wildman–Crippen MR) is 41.2 cm³/mol. The summed E-state index contributed by atoms with van der Waals surface area (Å²) in [4.78, 5) is 9.00. The Balaban J connectivity index is 0. The number of carboxylic acids is 1. The first-order valence-electron chi connectivity index (χ1n) is 3.53. The zero-order valence-corrected chi connectivity index (χ0v) is 7.20. The summed E-state index contributed by atoms with van der Waals surface area (Å²) >= 11 is 0. The Bertz CT molecular complexity index is 88.4. The van der Waals surface area contributed by atoms with Gasteiger partial charge in [-0.05, 0) is 13.3 Å². The van der Waals surface area contributed by atoms with E-state index in [0.29, 0.717) is 13.0 Å². The van der Waals surface area contributed by atoms with Crippen LogP contribution in [0.1, 0.15) is 27.2 Å². The van der Waals surface area contributed by atoms with E-state index in [-0.39, 0.29) is 0 Å². The van der Waals surface area contributed by atoms with Gasteiger partial charge in [-0.25, -0.2) is 0 Å². The number of carboxylic acid groups (broad SMARTS) is 1. The first-order chi connectivity index (χ1) is 5.04. The highest BCUT2D eigenvalue weighted by Gasteiger charge is 1.93. The molecule has 0 saturated carbocycles. The van der Waals surface area contributed by atoms with Gasteiger partial charge in [0, 0.05) is 13.5 Å². The molecule has 0 aromatic heterocycles. The molecule has 0 rings (SSSR count). The van der Waals surface area contributed by atoms with E-state index in [1.54, 1.807) is 0 Å². The number of ether oxygens (including phenoxy) is 1. The van der Waals surface area contributed by atoms with Crippen LogP contribution in [0.4, 0.5) is 0 Å². The second-order valence-corrected chi connectivity index (χ2v) is 1.84. The fourth-order valence-electron chi connectivity index (χ4n) is 0.310. The number of aliphatic carboxylic acids is 1. The normalized spacial score (nSPS) is 11.3. The van der Waals surface area contributed by atoms with E-state index in [1.807, 2.05) is 13.8 Å². The molecular formula is C7H16O4. The zero-order chi connectivity index (χ0) is 9.28. The van der Waals surface area contributed by atoms with Crippen LogP contribution in [-0.4, -0.2) is 29.1 Å². The maximum Gasteiger partial charge on any atom is 0.300 e. The minimum absolute atomic E-state index is 0.551. The number of hydrogen-bond donors (Lipinski definition) is 2. The Morgan fingerprint density at radius 2 is 1.91 bits per heavy atom. The smallest absolute Gasteiger partial charge is 0.300 e. The van der Waals surface area contributed by atoms with E-state index in [0.717, 1.165) is 6.92 Å². The Kier molecular flexibility index (Phi) is 11.1. The number of aliphatic hydroxyl groups is 1. The molecule has 68 valence electrons. The van der Waals surface area contributed by atoms with Crippen LogP contribution in [-0.2, 0) is 9.53 Å². The van der Waals surface area contributed by atoms with Crippen molar-refractivity contribution in [3.05, 3.63) is 0 Å². The van der Waals surface area contributed by atoms with Gasteiger partial charge in [-0.3, -0.25) is 4.79 Å². The van der Waals surface area contributed by atoms with Crippen LogP contribution < -0.4 is 0 Å². The van der Waals surface area contributed by atoms with Crippen molar-refractivity contribution >= 4 is 5.97 Å². The molecule has 4 heteroatoms. The van der Waals surface area contributed by atoms with Crippen LogP contribution in [0, 0.1) is 0 Å². The second kappa shape index (κ2) is 9.39. The zero-order valence-electron chi connectivity index (χ0n) is 7.20. The molecule has 0 aromatic carbocycles. The standard InChI is InChI=1S/C5H12O2.C2H4O2/c1-3-5(6)7-4-2;1-2(3)4/h5-6H,3-4H2,1-2H3;1H3,(H,3,4). The van der Waals surface area contributed by atoms with E-state index < -0.39 is 12.3 Å². The monoisotopic (exact) mass is 164 g/mol. The van der Waals surface area contributed by atoms with Crippen LogP contribution in [0.15, 0.2) is 0 Å². The summed E-state index contributed by atoms with van der Waals surface area (Å²) in [6.45, 7) is 5.41. The molecular weight excluding hydrogens is 148 g/mol. The molecule has 0 fully saturated rings. The number of carbonyl (C=O) groups is 1. The van der Waals surface area contributed by atoms with Gasteiger partial charge in [-0.15, -0.1) is 0 Å². The van der Waals surface area contributed by atoms with Gasteiger partial charge >= 0.3 is 0 Å². The van der Waals surface area contributed by atoms with Gasteiger partial charge in [0.1, 0.15) is 0 Å². The lowest BCUT2D eigenvalue weighted by molar-refractivity contribution is -0.134. The molecule has 1 atom stereocenters. The quantitative estimate of drug-likeness (QED) is 0.606. The SMILES string of the molecule is CC(=O)O.CCOC(O)CC. The molecule has 2 N–H and O–H groups in total. The molecule has 0 aromatic rings. The highest BCUT2D eigenvalue weighted by atomic mass is 16.6. The number of hydrogen-bond acceptors (Lipinski definition) is 3. The van der Waals surface area contributed by atoms with Crippen molar-refractivity contribution in [3.8, 4) is 0 Å². The fraction of sp³-hybridized carbons (Fsp3) is 0.857. The van der Waals surface area contributed by atoms with Crippen molar-refractivity contribution < 1.29 is 19.7 Å². The average molecular weight is 164 g/mol. The topological polar surface area (TPSA) is 66.8 Å². The molecule has 0 aliphatic rings. The van der Waals surface area contributed by atoms with Crippen molar-refractivity contribution in [2.24, 2.45) is 0 Å². The molecule has 0 saturated heterocycles. The van der Waals surface area contributed by atoms with Gasteiger partial charge in [0.15, 0.2) is 6.29 Å². The molecule has 0 aliphatic carbocycles. The Hall–Kier alpha value is -0.610. The summed E-state index contributed by atoms with van der Waals surface area (Å²) < 4.78 is 4.75. The highest BCUT2D eigenvalue weighted by molar-refractivity contribution is 5.62. The van der Waals surface area contributed by atoms with Gasteiger partial charge in [-0.2, -0.15) is 0 Å². The summed E-state index contributed by atoms with van der Waals surface area (Å²) in [6.07, 6.45) is 0.124. The molecule has 0 spiro atoms. The van der Waals surface area contributed by atoms with Crippen LogP contribution in [0.5, 0.6) is 0 Å². The van der Waals surface area contributed by atoms with E-state index in [1.165, 1.54) is 0 Å². The predicted octanol–water partition coefficient (Wildman–Crippen LogP) is 0.842. The molecule has 0 amide bonds. The highest BCUT2D eigenvalue weighted by Crippen LogP contribution is 1.89. The molecule has 11 heavy (non-hydrogen) atoms. The lowest BCUT2D eigenvalue weighted by atomic mass is 10.5. The van der Waals surface area contributed by atoms with Gasteiger partial charge < -0.3 is 14.9 Å². The van der Waals surface area contributed by atoms with Gasteiger partial charge in [-0.1, -0.05) is 6.92 Å². The van der Waals surface area contributed by atoms with Crippen molar-refractivity contribution in [3.63, 3.8) is 0 Å². The molecule has 0 heterocycles. The Labute approximate surface area is 66.8 Å². The van der Waals surface area contributed by atoms with Gasteiger partial charge in [0.05, 0.1) is 0 Å². The molecule has 0 bridgehead atoms. The minimum atomic E-state index is -0.833. The maximum atomic E-state index is 9.00. The summed E-state index contributed by atoms with van der Waals surface area (Å²) in [7, 11) is 0. The average Bonchev–Trinajstić information content (AvgIpc) is 1.87. The minimum Gasteiger partial charge on any atom is -0.481 e. The van der Waals surface area contributed by atoms with Gasteiger partial charge in [0.25, 0.3) is 5.97 Å². The van der Waals surface area contributed by atoms with Crippen molar-refractivity contribution in [2.75, 3.05) is 6.61 Å². The third-order valence-electron chi connectivity index (χ3n) is 0.708. The molecule has 1 unspecified atom stereocenters. The third kappa shape index (κ3) is 26.6. The van der Waals surface area contributed by atoms with Crippen LogP contribution in [0.2, 0.25) is 0 Å². The number of rotatable bonds is 3. The van der Waals surface area contributed by atoms with Crippen LogP contribution in [0.25, 0.3) is 0 Å². The second-order valence-electron chi connectivity index (χ2n) is 1.84. The summed E-state index contributed by atoms with van der Waals surface area (Å²) in [5.41, 5.74) is 0.